The molecule has 0 radical (unpaired) electrons. The van der Waals surface area contributed by atoms with Gasteiger partial charge in [-0.05, 0) is 68.6 Å². The number of nitro groups is 1. The molecule has 0 aromatic heterocycles. The third-order valence-corrected chi connectivity index (χ3v) is 6.16. The minimum Gasteiger partial charge on any atom is -0.370 e. The Labute approximate surface area is 192 Å². The van der Waals surface area contributed by atoms with E-state index in [4.69, 9.17) is 12.2 Å². The molecule has 168 valence electrons. The van der Waals surface area contributed by atoms with Gasteiger partial charge in [-0.3, -0.25) is 20.2 Å². The Kier molecular flexibility index (Phi) is 6.84. The van der Waals surface area contributed by atoms with E-state index in [1.165, 1.54) is 6.07 Å². The van der Waals surface area contributed by atoms with Gasteiger partial charge in [0.25, 0.3) is 11.6 Å². The van der Waals surface area contributed by atoms with Gasteiger partial charge in [-0.2, -0.15) is 0 Å². The first kappa shape index (κ1) is 22.0. The molecule has 0 atom stereocenters. The summed E-state index contributed by atoms with van der Waals surface area (Å²) in [6, 6.07) is 12.5. The molecule has 2 saturated heterocycles. The molecule has 0 unspecified atom stereocenters. The number of hydrogen-bond donors (Lipinski definition) is 2. The number of nitrogens with one attached hydrogen (secondary N) is 2. The standard InChI is InChI=1S/C23H27N5O3S/c29-22(17-10-11-20(21(16-17)28(30)31)27-12-4-1-5-13-27)25-23(32)24-18-8-2-3-9-19(18)26-14-6-7-15-26/h2-3,8-11,16H,1,4-7,12-15H2,(H2,24,25,29,32). The van der Waals surface area contributed by atoms with Crippen LogP contribution in [0.25, 0.3) is 0 Å². The molecule has 0 bridgehead atoms. The lowest BCUT2D eigenvalue weighted by molar-refractivity contribution is -0.384. The zero-order valence-corrected chi connectivity index (χ0v) is 18.7. The molecule has 8 nitrogen and oxygen atoms in total. The molecule has 9 heteroatoms. The summed E-state index contributed by atoms with van der Waals surface area (Å²) < 4.78 is 0. The number of nitro benzene ring substituents is 1. The van der Waals surface area contributed by atoms with Crippen LogP contribution in [-0.4, -0.2) is 42.1 Å². The van der Waals surface area contributed by atoms with Crippen LogP contribution in [0.5, 0.6) is 0 Å². The maximum absolute atomic E-state index is 12.8. The number of amides is 1. The van der Waals surface area contributed by atoms with Gasteiger partial charge in [-0.25, -0.2) is 0 Å². The summed E-state index contributed by atoms with van der Waals surface area (Å²) in [6.45, 7) is 3.56. The highest BCUT2D eigenvalue weighted by Crippen LogP contribution is 2.31. The lowest BCUT2D eigenvalue weighted by atomic mass is 10.1. The van der Waals surface area contributed by atoms with Crippen molar-refractivity contribution in [3.8, 4) is 0 Å². The van der Waals surface area contributed by atoms with Crippen molar-refractivity contribution in [3.63, 3.8) is 0 Å². The lowest BCUT2D eigenvalue weighted by Gasteiger charge is -2.28. The number of rotatable bonds is 5. The van der Waals surface area contributed by atoms with Crippen LogP contribution < -0.4 is 20.4 Å². The molecule has 0 spiro atoms. The van der Waals surface area contributed by atoms with Gasteiger partial charge in [0.15, 0.2) is 5.11 Å². The third-order valence-electron chi connectivity index (χ3n) is 5.96. The number of anilines is 3. The predicted octanol–water partition coefficient (Wildman–Crippen LogP) is 4.31. The van der Waals surface area contributed by atoms with Gasteiger partial charge in [0.1, 0.15) is 5.69 Å². The zero-order valence-electron chi connectivity index (χ0n) is 17.9. The van der Waals surface area contributed by atoms with E-state index in [1.54, 1.807) is 12.1 Å². The molecule has 2 heterocycles. The average molecular weight is 454 g/mol. The Morgan fingerprint density at radius 3 is 2.22 bits per heavy atom. The van der Waals surface area contributed by atoms with Gasteiger partial charge in [-0.1, -0.05) is 12.1 Å². The van der Waals surface area contributed by atoms with Crippen molar-refractivity contribution in [1.82, 2.24) is 5.32 Å². The van der Waals surface area contributed by atoms with Crippen LogP contribution >= 0.6 is 12.2 Å². The smallest absolute Gasteiger partial charge is 0.293 e. The number of hydrogen-bond acceptors (Lipinski definition) is 6. The summed E-state index contributed by atoms with van der Waals surface area (Å²) in [5.74, 6) is -0.477. The fourth-order valence-corrected chi connectivity index (χ4v) is 4.56. The Hall–Kier alpha value is -3.20. The van der Waals surface area contributed by atoms with Gasteiger partial charge in [-0.15, -0.1) is 0 Å². The second-order valence-corrected chi connectivity index (χ2v) is 8.54. The number of carbonyl (C=O) groups excluding carboxylic acids is 1. The van der Waals surface area contributed by atoms with Gasteiger partial charge in [0.05, 0.1) is 16.3 Å². The molecule has 2 aromatic rings. The molecule has 32 heavy (non-hydrogen) atoms. The van der Waals surface area contributed by atoms with Crippen molar-refractivity contribution in [2.45, 2.75) is 32.1 Å². The summed E-state index contributed by atoms with van der Waals surface area (Å²) in [5, 5.41) is 17.6. The van der Waals surface area contributed by atoms with E-state index in [1.807, 2.05) is 29.2 Å². The fraction of sp³-hybridized carbons (Fsp3) is 0.391. The van der Waals surface area contributed by atoms with E-state index in [9.17, 15) is 14.9 Å². The van der Waals surface area contributed by atoms with Crippen LogP contribution in [0.2, 0.25) is 0 Å². The van der Waals surface area contributed by atoms with Crippen LogP contribution in [0, 0.1) is 10.1 Å². The molecular weight excluding hydrogens is 426 g/mol. The first-order chi connectivity index (χ1) is 15.5. The van der Waals surface area contributed by atoms with Crippen molar-refractivity contribution in [2.24, 2.45) is 0 Å². The summed E-state index contributed by atoms with van der Waals surface area (Å²) in [4.78, 5) is 28.3. The molecule has 4 rings (SSSR count). The average Bonchev–Trinajstić information content (AvgIpc) is 3.34. The summed E-state index contributed by atoms with van der Waals surface area (Å²) >= 11 is 5.36. The Morgan fingerprint density at radius 1 is 0.906 bits per heavy atom. The zero-order chi connectivity index (χ0) is 22.5. The first-order valence-corrected chi connectivity index (χ1v) is 11.4. The fourth-order valence-electron chi connectivity index (χ4n) is 4.36. The van der Waals surface area contributed by atoms with Gasteiger partial charge < -0.3 is 15.1 Å². The first-order valence-electron chi connectivity index (χ1n) is 11.0. The lowest BCUT2D eigenvalue weighted by Crippen LogP contribution is -2.35. The van der Waals surface area contributed by atoms with E-state index in [0.29, 0.717) is 5.69 Å². The second kappa shape index (κ2) is 9.95. The topological polar surface area (TPSA) is 90.8 Å². The Bertz CT molecular complexity index is 1020. The van der Waals surface area contributed by atoms with E-state index in [-0.39, 0.29) is 16.4 Å². The van der Waals surface area contributed by atoms with E-state index >= 15 is 0 Å². The van der Waals surface area contributed by atoms with E-state index < -0.39 is 10.8 Å². The SMILES string of the molecule is O=C(NC(=S)Nc1ccccc1N1CCCC1)c1ccc(N2CCCCC2)c([N+](=O)[O-])c1. The van der Waals surface area contributed by atoms with Crippen molar-refractivity contribution in [1.29, 1.82) is 0 Å². The van der Waals surface area contributed by atoms with Gasteiger partial charge in [0, 0.05) is 37.8 Å². The van der Waals surface area contributed by atoms with Crippen molar-refractivity contribution in [2.75, 3.05) is 41.3 Å². The molecule has 0 aliphatic carbocycles. The van der Waals surface area contributed by atoms with Crippen LogP contribution in [0.3, 0.4) is 0 Å². The maximum Gasteiger partial charge on any atom is 0.293 e. The summed E-state index contributed by atoms with van der Waals surface area (Å²) in [5.41, 5.74) is 2.58. The molecule has 1 amide bonds. The maximum atomic E-state index is 12.8. The van der Waals surface area contributed by atoms with E-state index in [2.05, 4.69) is 15.5 Å². The van der Waals surface area contributed by atoms with Crippen LogP contribution in [0.1, 0.15) is 42.5 Å². The number of benzene rings is 2. The second-order valence-electron chi connectivity index (χ2n) is 8.13. The van der Waals surface area contributed by atoms with E-state index in [0.717, 1.165) is 69.7 Å². The molecule has 2 aliphatic rings. The molecule has 2 aliphatic heterocycles. The quantitative estimate of drug-likeness (QED) is 0.396. The Balaban J connectivity index is 1.46. The van der Waals surface area contributed by atoms with Crippen molar-refractivity contribution >= 4 is 46.0 Å². The largest absolute Gasteiger partial charge is 0.370 e. The monoisotopic (exact) mass is 453 g/mol. The van der Waals surface area contributed by atoms with Crippen molar-refractivity contribution in [3.05, 3.63) is 58.1 Å². The van der Waals surface area contributed by atoms with Crippen LogP contribution in [-0.2, 0) is 0 Å². The highest BCUT2D eigenvalue weighted by Gasteiger charge is 2.23. The number of nitrogens with zero attached hydrogens (tertiary/aromatic N) is 3. The van der Waals surface area contributed by atoms with Crippen LogP contribution in [0.15, 0.2) is 42.5 Å². The summed E-state index contributed by atoms with van der Waals surface area (Å²) in [7, 11) is 0. The molecule has 2 N–H and O–H groups in total. The molecule has 0 saturated carbocycles. The number of piperidine rings is 1. The van der Waals surface area contributed by atoms with Crippen LogP contribution in [0.4, 0.5) is 22.7 Å². The summed E-state index contributed by atoms with van der Waals surface area (Å²) in [6.07, 6.45) is 5.47. The minimum atomic E-state index is -0.477. The normalized spacial score (nSPS) is 16.0. The highest BCUT2D eigenvalue weighted by molar-refractivity contribution is 7.80. The predicted molar refractivity (Wildman–Crippen MR) is 131 cm³/mol. The minimum absolute atomic E-state index is 0.0576. The van der Waals surface area contributed by atoms with Gasteiger partial charge in [0.2, 0.25) is 0 Å². The Morgan fingerprint density at radius 2 is 1.53 bits per heavy atom. The number of thiocarbonyl (C=S) groups is 1. The molecule has 2 aromatic carbocycles. The molecular formula is C23H27N5O3S. The third kappa shape index (κ3) is 4.99. The van der Waals surface area contributed by atoms with Crippen molar-refractivity contribution < 1.29 is 9.72 Å². The molecule has 2 fully saturated rings. The number of para-hydroxylation sites is 2. The number of carbonyl (C=O) groups is 1. The highest BCUT2D eigenvalue weighted by atomic mass is 32.1. The van der Waals surface area contributed by atoms with Gasteiger partial charge >= 0.3 is 0 Å².